The fourth-order valence-corrected chi connectivity index (χ4v) is 1.98. The minimum Gasteiger partial charge on any atom is -0.480 e. The van der Waals surface area contributed by atoms with Gasteiger partial charge in [-0.05, 0) is 12.1 Å². The highest BCUT2D eigenvalue weighted by atomic mass is 32.1. The molecule has 2 rings (SSSR count). The fraction of sp³-hybridized carbons (Fsp3) is 0.111. The van der Waals surface area contributed by atoms with Gasteiger partial charge in [-0.25, -0.2) is 0 Å². The molecular formula is C9H7NO4S. The van der Waals surface area contributed by atoms with E-state index in [2.05, 4.69) is 0 Å². The van der Waals surface area contributed by atoms with Gasteiger partial charge < -0.3 is 9.52 Å². The maximum absolute atomic E-state index is 11.3. The van der Waals surface area contributed by atoms with Gasteiger partial charge in [0.05, 0.1) is 12.0 Å². The number of furan rings is 1. The zero-order valence-electron chi connectivity index (χ0n) is 7.54. The molecule has 0 amide bonds. The van der Waals surface area contributed by atoms with E-state index in [0.29, 0.717) is 11.5 Å². The molecule has 0 unspecified atom stereocenters. The van der Waals surface area contributed by atoms with Crippen LogP contribution < -0.4 is 4.87 Å². The average Bonchev–Trinajstić information content (AvgIpc) is 2.76. The van der Waals surface area contributed by atoms with Crippen molar-refractivity contribution in [3.63, 3.8) is 0 Å². The number of carboxylic acid groups (broad SMARTS) is 1. The van der Waals surface area contributed by atoms with Crippen molar-refractivity contribution in [3.05, 3.63) is 33.4 Å². The molecule has 0 aromatic carbocycles. The van der Waals surface area contributed by atoms with Gasteiger partial charge in [0.2, 0.25) is 0 Å². The summed E-state index contributed by atoms with van der Waals surface area (Å²) in [6, 6.07) is 3.36. The van der Waals surface area contributed by atoms with E-state index in [1.807, 2.05) is 0 Å². The van der Waals surface area contributed by atoms with Crippen molar-refractivity contribution in [1.82, 2.24) is 4.57 Å². The van der Waals surface area contributed by atoms with Crippen LogP contribution in [0.5, 0.6) is 0 Å². The molecule has 15 heavy (non-hydrogen) atoms. The summed E-state index contributed by atoms with van der Waals surface area (Å²) in [7, 11) is 0. The van der Waals surface area contributed by atoms with Crippen LogP contribution in [0.3, 0.4) is 0 Å². The van der Waals surface area contributed by atoms with E-state index in [-0.39, 0.29) is 11.4 Å². The Morgan fingerprint density at radius 2 is 2.40 bits per heavy atom. The van der Waals surface area contributed by atoms with Crippen LogP contribution in [0, 0.1) is 0 Å². The van der Waals surface area contributed by atoms with E-state index in [1.165, 1.54) is 10.8 Å². The Morgan fingerprint density at radius 3 is 3.00 bits per heavy atom. The smallest absolute Gasteiger partial charge is 0.323 e. The predicted octanol–water partition coefficient (Wildman–Crippen LogP) is 1.25. The number of thiazole rings is 1. The number of aliphatic carboxylic acids is 1. The Kier molecular flexibility index (Phi) is 2.42. The van der Waals surface area contributed by atoms with Gasteiger partial charge >= 0.3 is 10.8 Å². The van der Waals surface area contributed by atoms with Crippen LogP contribution in [0.25, 0.3) is 11.5 Å². The molecule has 0 bridgehead atoms. The lowest BCUT2D eigenvalue weighted by Gasteiger charge is -2.00. The SMILES string of the molecule is O=C(O)Cn1c(-c2ccco2)csc1=O. The molecule has 1 N–H and O–H groups in total. The number of aromatic nitrogens is 1. The molecule has 0 atom stereocenters. The second-order valence-corrected chi connectivity index (χ2v) is 3.66. The number of carboxylic acids is 1. The first kappa shape index (κ1) is 9.72. The first-order valence-corrected chi connectivity index (χ1v) is 5.00. The van der Waals surface area contributed by atoms with E-state index in [0.717, 1.165) is 11.3 Å². The summed E-state index contributed by atoms with van der Waals surface area (Å²) in [4.78, 5) is 21.6. The summed E-state index contributed by atoms with van der Waals surface area (Å²) in [6.07, 6.45) is 1.47. The van der Waals surface area contributed by atoms with Gasteiger partial charge in [-0.1, -0.05) is 11.3 Å². The van der Waals surface area contributed by atoms with E-state index in [4.69, 9.17) is 9.52 Å². The molecule has 0 saturated carbocycles. The first-order chi connectivity index (χ1) is 7.18. The van der Waals surface area contributed by atoms with Gasteiger partial charge in [0, 0.05) is 5.38 Å². The summed E-state index contributed by atoms with van der Waals surface area (Å²) in [6.45, 7) is -0.349. The van der Waals surface area contributed by atoms with Crippen molar-refractivity contribution in [3.8, 4) is 11.5 Å². The normalized spacial score (nSPS) is 10.4. The lowest BCUT2D eigenvalue weighted by atomic mass is 10.3. The third-order valence-corrected chi connectivity index (χ3v) is 2.61. The third-order valence-electron chi connectivity index (χ3n) is 1.85. The maximum Gasteiger partial charge on any atom is 0.323 e. The molecule has 2 heterocycles. The maximum atomic E-state index is 11.3. The predicted molar refractivity (Wildman–Crippen MR) is 53.9 cm³/mol. The lowest BCUT2D eigenvalue weighted by Crippen LogP contribution is -2.19. The summed E-state index contributed by atoms with van der Waals surface area (Å²) in [5.41, 5.74) is 0.498. The second-order valence-electron chi connectivity index (χ2n) is 2.84. The average molecular weight is 225 g/mol. The minimum absolute atomic E-state index is 0.302. The molecule has 0 radical (unpaired) electrons. The second kappa shape index (κ2) is 3.74. The van der Waals surface area contributed by atoms with Gasteiger partial charge in [-0.2, -0.15) is 0 Å². The van der Waals surface area contributed by atoms with Gasteiger partial charge in [0.25, 0.3) is 0 Å². The van der Waals surface area contributed by atoms with E-state index in [9.17, 15) is 9.59 Å². The molecule has 0 spiro atoms. The van der Waals surface area contributed by atoms with Crippen LogP contribution in [0.15, 0.2) is 33.0 Å². The monoisotopic (exact) mass is 225 g/mol. The molecule has 5 nitrogen and oxygen atoms in total. The zero-order valence-corrected chi connectivity index (χ0v) is 8.36. The Balaban J connectivity index is 2.49. The molecule has 78 valence electrons. The largest absolute Gasteiger partial charge is 0.480 e. The standard InChI is InChI=1S/C9H7NO4S/c11-8(12)4-10-6(5-15-9(10)13)7-2-1-3-14-7/h1-3,5H,4H2,(H,11,12). The molecule has 0 aliphatic heterocycles. The Labute approximate surface area is 88.2 Å². The van der Waals surface area contributed by atoms with Crippen molar-refractivity contribution in [1.29, 1.82) is 0 Å². The van der Waals surface area contributed by atoms with Crippen molar-refractivity contribution in [2.75, 3.05) is 0 Å². The first-order valence-electron chi connectivity index (χ1n) is 4.12. The third kappa shape index (κ3) is 1.84. The molecule has 0 saturated heterocycles. The quantitative estimate of drug-likeness (QED) is 0.853. The summed E-state index contributed by atoms with van der Waals surface area (Å²) >= 11 is 0.955. The number of rotatable bonds is 3. The topological polar surface area (TPSA) is 72.4 Å². The Morgan fingerprint density at radius 1 is 1.60 bits per heavy atom. The highest BCUT2D eigenvalue weighted by molar-refractivity contribution is 7.07. The van der Waals surface area contributed by atoms with E-state index in [1.54, 1.807) is 17.5 Å². The summed E-state index contributed by atoms with van der Waals surface area (Å²) < 4.78 is 6.28. The van der Waals surface area contributed by atoms with Gasteiger partial charge in [0.15, 0.2) is 5.76 Å². The fourth-order valence-electron chi connectivity index (χ4n) is 1.23. The number of hydrogen-bond acceptors (Lipinski definition) is 4. The zero-order chi connectivity index (χ0) is 10.8. The molecule has 2 aromatic rings. The summed E-state index contributed by atoms with van der Waals surface area (Å²) in [5.74, 6) is -0.557. The van der Waals surface area contributed by atoms with Crippen LogP contribution in [0.1, 0.15) is 0 Å². The number of nitrogens with zero attached hydrogens (tertiary/aromatic N) is 1. The van der Waals surface area contributed by atoms with Gasteiger partial charge in [-0.3, -0.25) is 14.2 Å². The van der Waals surface area contributed by atoms with Gasteiger partial charge in [-0.15, -0.1) is 0 Å². The van der Waals surface area contributed by atoms with Crippen molar-refractivity contribution < 1.29 is 14.3 Å². The number of hydrogen-bond donors (Lipinski definition) is 1. The molecule has 0 aliphatic rings. The highest BCUT2D eigenvalue weighted by Gasteiger charge is 2.13. The van der Waals surface area contributed by atoms with Crippen LogP contribution in [0.4, 0.5) is 0 Å². The number of carbonyl (C=O) groups is 1. The molecule has 0 aliphatic carbocycles. The minimum atomic E-state index is -1.05. The molecular weight excluding hydrogens is 218 g/mol. The highest BCUT2D eigenvalue weighted by Crippen LogP contribution is 2.19. The summed E-state index contributed by atoms with van der Waals surface area (Å²) in [5, 5.41) is 10.2. The van der Waals surface area contributed by atoms with Gasteiger partial charge in [0.1, 0.15) is 6.54 Å². The van der Waals surface area contributed by atoms with Crippen molar-refractivity contribution >= 4 is 17.3 Å². The Hall–Kier alpha value is -1.82. The van der Waals surface area contributed by atoms with Crippen LogP contribution in [-0.2, 0) is 11.3 Å². The molecule has 0 fully saturated rings. The van der Waals surface area contributed by atoms with E-state index < -0.39 is 5.97 Å². The molecule has 2 aromatic heterocycles. The van der Waals surface area contributed by atoms with Crippen molar-refractivity contribution in [2.24, 2.45) is 0 Å². The van der Waals surface area contributed by atoms with Crippen LogP contribution in [0.2, 0.25) is 0 Å². The van der Waals surface area contributed by atoms with E-state index >= 15 is 0 Å². The molecule has 6 heteroatoms. The lowest BCUT2D eigenvalue weighted by molar-refractivity contribution is -0.137. The van der Waals surface area contributed by atoms with Crippen molar-refractivity contribution in [2.45, 2.75) is 6.54 Å². The van der Waals surface area contributed by atoms with Crippen LogP contribution >= 0.6 is 11.3 Å². The Bertz CT molecular complexity index is 523. The van der Waals surface area contributed by atoms with Crippen LogP contribution in [-0.4, -0.2) is 15.6 Å².